The highest BCUT2D eigenvalue weighted by atomic mass is 32.2. The van der Waals surface area contributed by atoms with E-state index in [9.17, 15) is 13.8 Å². The molecule has 0 radical (unpaired) electrons. The summed E-state index contributed by atoms with van der Waals surface area (Å²) in [5.74, 6) is -0.346. The van der Waals surface area contributed by atoms with Gasteiger partial charge in [0.15, 0.2) is 11.6 Å². The van der Waals surface area contributed by atoms with Gasteiger partial charge >= 0.3 is 0 Å². The van der Waals surface area contributed by atoms with E-state index in [4.69, 9.17) is 0 Å². The van der Waals surface area contributed by atoms with Crippen molar-refractivity contribution in [2.45, 2.75) is 4.90 Å². The smallest absolute Gasteiger partial charge is 0.194 e. The molecule has 1 aliphatic carbocycles. The normalized spacial score (nSPS) is 14.5. The van der Waals surface area contributed by atoms with E-state index in [0.29, 0.717) is 27.1 Å². The SMILES string of the molecule is CS(=O)c1ccc2c(c1)C(=O)c1cc3ccccc3cc1C2=O. The number of carbonyl (C=O) groups is 2. The molecule has 3 nitrogen and oxygen atoms in total. The Bertz CT molecular complexity index is 1030. The molecule has 0 saturated carbocycles. The van der Waals surface area contributed by atoms with Crippen molar-refractivity contribution < 1.29 is 13.8 Å². The van der Waals surface area contributed by atoms with Crippen LogP contribution in [0, 0.1) is 0 Å². The second-order valence-electron chi connectivity index (χ2n) is 5.56. The van der Waals surface area contributed by atoms with Gasteiger partial charge in [-0.25, -0.2) is 0 Å². The first-order valence-electron chi connectivity index (χ1n) is 7.16. The topological polar surface area (TPSA) is 51.2 Å². The molecule has 0 N–H and O–H groups in total. The predicted molar refractivity (Wildman–Crippen MR) is 89.6 cm³/mol. The van der Waals surface area contributed by atoms with Gasteiger partial charge in [-0.2, -0.15) is 0 Å². The van der Waals surface area contributed by atoms with Crippen molar-refractivity contribution >= 4 is 33.1 Å². The summed E-state index contributed by atoms with van der Waals surface area (Å²) in [5, 5.41) is 1.85. The van der Waals surface area contributed by atoms with Crippen LogP contribution < -0.4 is 0 Å². The molecule has 4 rings (SSSR count). The second kappa shape index (κ2) is 4.96. The van der Waals surface area contributed by atoms with Crippen LogP contribution in [0.3, 0.4) is 0 Å². The molecule has 0 saturated heterocycles. The first-order chi connectivity index (χ1) is 11.1. The van der Waals surface area contributed by atoms with Crippen LogP contribution in [0.4, 0.5) is 0 Å². The molecule has 0 amide bonds. The summed E-state index contributed by atoms with van der Waals surface area (Å²) >= 11 is 0. The zero-order valence-corrected chi connectivity index (χ0v) is 13.1. The lowest BCUT2D eigenvalue weighted by Crippen LogP contribution is -2.21. The van der Waals surface area contributed by atoms with E-state index in [1.165, 1.54) is 0 Å². The van der Waals surface area contributed by atoms with E-state index in [1.807, 2.05) is 24.3 Å². The molecular weight excluding hydrogens is 308 g/mol. The van der Waals surface area contributed by atoms with E-state index < -0.39 is 10.8 Å². The van der Waals surface area contributed by atoms with Gasteiger partial charge in [0.2, 0.25) is 0 Å². The van der Waals surface area contributed by atoms with E-state index in [-0.39, 0.29) is 11.6 Å². The zero-order chi connectivity index (χ0) is 16.1. The standard InChI is InChI=1S/C19H12O3S/c1-23(22)13-6-7-14-17(10-13)19(21)16-9-12-5-3-2-4-11(12)8-15(16)18(14)20/h2-10H,1H3. The summed E-state index contributed by atoms with van der Waals surface area (Å²) in [5.41, 5.74) is 1.57. The average molecular weight is 320 g/mol. The number of benzene rings is 3. The van der Waals surface area contributed by atoms with Gasteiger partial charge in [-0.15, -0.1) is 0 Å². The predicted octanol–water partition coefficient (Wildman–Crippen LogP) is 3.35. The lowest BCUT2D eigenvalue weighted by Gasteiger charge is -2.18. The van der Waals surface area contributed by atoms with E-state index in [0.717, 1.165) is 10.8 Å². The molecule has 0 fully saturated rings. The van der Waals surface area contributed by atoms with Crippen molar-refractivity contribution in [2.75, 3.05) is 6.26 Å². The van der Waals surface area contributed by atoms with Gasteiger partial charge in [0.1, 0.15) is 0 Å². The maximum absolute atomic E-state index is 12.8. The maximum Gasteiger partial charge on any atom is 0.194 e. The van der Waals surface area contributed by atoms with Gasteiger partial charge in [-0.3, -0.25) is 13.8 Å². The molecule has 112 valence electrons. The highest BCUT2D eigenvalue weighted by Crippen LogP contribution is 2.31. The third-order valence-corrected chi connectivity index (χ3v) is 5.11. The van der Waals surface area contributed by atoms with E-state index in [1.54, 1.807) is 36.6 Å². The Morgan fingerprint density at radius 1 is 0.696 bits per heavy atom. The third kappa shape index (κ3) is 2.06. The summed E-state index contributed by atoms with van der Waals surface area (Å²) in [7, 11) is -1.20. The zero-order valence-electron chi connectivity index (χ0n) is 12.3. The minimum absolute atomic E-state index is 0.159. The van der Waals surface area contributed by atoms with Crippen LogP contribution in [0.2, 0.25) is 0 Å². The maximum atomic E-state index is 12.8. The first kappa shape index (κ1) is 14.0. The molecule has 0 aromatic heterocycles. The summed E-state index contributed by atoms with van der Waals surface area (Å²) in [6, 6.07) is 16.0. The Morgan fingerprint density at radius 3 is 1.78 bits per heavy atom. The Morgan fingerprint density at radius 2 is 1.22 bits per heavy atom. The molecule has 1 atom stereocenters. The molecule has 3 aromatic rings. The number of fused-ring (bicyclic) bond motifs is 3. The van der Waals surface area contributed by atoms with Crippen molar-refractivity contribution in [3.05, 3.63) is 76.9 Å². The Hall–Kier alpha value is -2.59. The van der Waals surface area contributed by atoms with Crippen LogP contribution in [-0.2, 0) is 10.8 Å². The Labute approximate surface area is 135 Å². The van der Waals surface area contributed by atoms with Crippen molar-refractivity contribution in [3.63, 3.8) is 0 Å². The van der Waals surface area contributed by atoms with Crippen molar-refractivity contribution in [3.8, 4) is 0 Å². The first-order valence-corrected chi connectivity index (χ1v) is 8.72. The van der Waals surface area contributed by atoms with Gasteiger partial charge in [0, 0.05) is 44.2 Å². The molecule has 1 aliphatic rings. The lowest BCUT2D eigenvalue weighted by atomic mass is 9.83. The van der Waals surface area contributed by atoms with Crippen molar-refractivity contribution in [2.24, 2.45) is 0 Å². The van der Waals surface area contributed by atoms with E-state index in [2.05, 4.69) is 0 Å². The average Bonchev–Trinajstić information content (AvgIpc) is 2.58. The number of ketones is 2. The second-order valence-corrected chi connectivity index (χ2v) is 6.94. The Kier molecular flexibility index (Phi) is 3.03. The highest BCUT2D eigenvalue weighted by Gasteiger charge is 2.30. The monoisotopic (exact) mass is 320 g/mol. The summed E-state index contributed by atoms with van der Waals surface area (Å²) in [4.78, 5) is 26.1. The van der Waals surface area contributed by atoms with Crippen LogP contribution in [0.1, 0.15) is 31.8 Å². The molecule has 0 aliphatic heterocycles. The van der Waals surface area contributed by atoms with Crippen molar-refractivity contribution in [1.82, 2.24) is 0 Å². The molecule has 0 heterocycles. The minimum atomic E-state index is -1.20. The van der Waals surface area contributed by atoms with Crippen molar-refractivity contribution in [1.29, 1.82) is 0 Å². The van der Waals surface area contributed by atoms with Gasteiger partial charge in [-0.05, 0) is 41.1 Å². The number of rotatable bonds is 1. The Balaban J connectivity index is 2.00. The van der Waals surface area contributed by atoms with Crippen LogP contribution >= 0.6 is 0 Å². The van der Waals surface area contributed by atoms with Gasteiger partial charge in [0.05, 0.1) is 0 Å². The molecule has 0 spiro atoms. The van der Waals surface area contributed by atoms with Gasteiger partial charge in [0.25, 0.3) is 0 Å². The number of carbonyl (C=O) groups excluding carboxylic acids is 2. The summed E-state index contributed by atoms with van der Waals surface area (Å²) in [6.07, 6.45) is 1.55. The number of hydrogen-bond donors (Lipinski definition) is 0. The molecule has 4 heteroatoms. The summed E-state index contributed by atoms with van der Waals surface area (Å²) < 4.78 is 11.7. The number of hydrogen-bond acceptors (Lipinski definition) is 3. The molecule has 3 aromatic carbocycles. The molecule has 23 heavy (non-hydrogen) atoms. The summed E-state index contributed by atoms with van der Waals surface area (Å²) in [6.45, 7) is 0. The fraction of sp³-hybridized carbons (Fsp3) is 0.0526. The lowest BCUT2D eigenvalue weighted by molar-refractivity contribution is 0.0979. The molecule has 0 bridgehead atoms. The quantitative estimate of drug-likeness (QED) is 0.540. The fourth-order valence-corrected chi connectivity index (χ4v) is 3.54. The van der Waals surface area contributed by atoms with Crippen LogP contribution in [0.25, 0.3) is 10.8 Å². The third-order valence-electron chi connectivity index (χ3n) is 4.19. The highest BCUT2D eigenvalue weighted by molar-refractivity contribution is 7.84. The van der Waals surface area contributed by atoms with Crippen LogP contribution in [0.15, 0.2) is 59.5 Å². The van der Waals surface area contributed by atoms with E-state index >= 15 is 0 Å². The molecular formula is C19H12O3S. The van der Waals surface area contributed by atoms with Crippen LogP contribution in [-0.4, -0.2) is 22.0 Å². The fourth-order valence-electron chi connectivity index (χ4n) is 2.99. The minimum Gasteiger partial charge on any atom is -0.289 e. The van der Waals surface area contributed by atoms with Crippen LogP contribution in [0.5, 0.6) is 0 Å². The van der Waals surface area contributed by atoms with Gasteiger partial charge < -0.3 is 0 Å². The molecule has 1 unspecified atom stereocenters. The largest absolute Gasteiger partial charge is 0.289 e. The van der Waals surface area contributed by atoms with Gasteiger partial charge in [-0.1, -0.05) is 24.3 Å².